The van der Waals surface area contributed by atoms with E-state index in [1.807, 2.05) is 48.5 Å². The third kappa shape index (κ3) is 3.06. The van der Waals surface area contributed by atoms with Crippen molar-refractivity contribution in [3.05, 3.63) is 59.7 Å². The van der Waals surface area contributed by atoms with Crippen LogP contribution in [0.25, 0.3) is 11.1 Å². The number of nitrogens with zero attached hydrogens (tertiary/aromatic N) is 1. The fraction of sp³-hybridized carbons (Fsp3) is 0.300. The van der Waals surface area contributed by atoms with E-state index in [-0.39, 0.29) is 29.9 Å². The standard InChI is InChI=1S/C20H19NO7S/c1-20(18(22)23)10-11-28-29(25,26)21(20)19(24)27-12-17-15-8-4-2-6-13(15)14-7-3-5-9-16(14)17/h2-9,17H,10-12H2,1H3,(H,22,23)/t20-/m0/s1. The van der Waals surface area contributed by atoms with Crippen LogP contribution < -0.4 is 0 Å². The van der Waals surface area contributed by atoms with Gasteiger partial charge in [-0.05, 0) is 29.2 Å². The molecule has 0 saturated carbocycles. The Kier molecular flexibility index (Phi) is 4.59. The van der Waals surface area contributed by atoms with Gasteiger partial charge in [0.15, 0.2) is 5.54 Å². The molecule has 8 nitrogen and oxygen atoms in total. The number of rotatable bonds is 3. The fourth-order valence-electron chi connectivity index (χ4n) is 3.89. The van der Waals surface area contributed by atoms with Crippen LogP contribution in [0.15, 0.2) is 48.5 Å². The van der Waals surface area contributed by atoms with Crippen molar-refractivity contribution in [3.8, 4) is 11.1 Å². The first-order valence-electron chi connectivity index (χ1n) is 9.04. The molecule has 152 valence electrons. The highest BCUT2D eigenvalue weighted by atomic mass is 32.2. The molecule has 1 N–H and O–H groups in total. The van der Waals surface area contributed by atoms with E-state index in [0.29, 0.717) is 0 Å². The zero-order valence-electron chi connectivity index (χ0n) is 15.6. The Morgan fingerprint density at radius 1 is 1.14 bits per heavy atom. The van der Waals surface area contributed by atoms with E-state index in [1.165, 1.54) is 0 Å². The maximum atomic E-state index is 12.7. The normalized spacial score (nSPS) is 22.6. The molecule has 1 amide bonds. The minimum Gasteiger partial charge on any atom is -0.479 e. The Morgan fingerprint density at radius 3 is 2.24 bits per heavy atom. The largest absolute Gasteiger partial charge is 0.479 e. The molecule has 9 heteroatoms. The lowest BCUT2D eigenvalue weighted by molar-refractivity contribution is -0.149. The Hall–Kier alpha value is -2.91. The number of fused-ring (bicyclic) bond motifs is 3. The molecule has 1 heterocycles. The van der Waals surface area contributed by atoms with Gasteiger partial charge in [-0.15, -0.1) is 0 Å². The predicted octanol–water partition coefficient (Wildman–Crippen LogP) is 2.75. The summed E-state index contributed by atoms with van der Waals surface area (Å²) in [5, 5.41) is 9.52. The molecule has 2 aromatic rings. The molecule has 0 radical (unpaired) electrons. The Bertz CT molecular complexity index is 1050. The number of carbonyl (C=O) groups is 2. The third-order valence-corrected chi connectivity index (χ3v) is 6.92. The number of carbonyl (C=O) groups excluding carboxylic acids is 1. The second-order valence-electron chi connectivity index (χ2n) is 7.18. The van der Waals surface area contributed by atoms with Gasteiger partial charge in [-0.2, -0.15) is 12.7 Å². The number of hydrogen-bond donors (Lipinski definition) is 1. The average Bonchev–Trinajstić information content (AvgIpc) is 2.99. The van der Waals surface area contributed by atoms with Crippen molar-refractivity contribution in [2.24, 2.45) is 0 Å². The summed E-state index contributed by atoms with van der Waals surface area (Å²) in [4.78, 5) is 24.4. The van der Waals surface area contributed by atoms with Crippen molar-refractivity contribution in [1.29, 1.82) is 0 Å². The van der Waals surface area contributed by atoms with Crippen LogP contribution in [0.2, 0.25) is 0 Å². The zero-order valence-corrected chi connectivity index (χ0v) is 16.4. The number of benzene rings is 2. The number of amides is 1. The quantitative estimate of drug-likeness (QED) is 0.817. The summed E-state index contributed by atoms with van der Waals surface area (Å²) < 4.78 is 34.7. The summed E-state index contributed by atoms with van der Waals surface area (Å²) in [6.07, 6.45) is -1.44. The lowest BCUT2D eigenvalue weighted by Crippen LogP contribution is -2.61. The van der Waals surface area contributed by atoms with Gasteiger partial charge in [-0.25, -0.2) is 9.59 Å². The van der Waals surface area contributed by atoms with E-state index in [2.05, 4.69) is 4.18 Å². The molecule has 4 rings (SSSR count). The fourth-order valence-corrected chi connectivity index (χ4v) is 5.18. The summed E-state index contributed by atoms with van der Waals surface area (Å²) in [5.74, 6) is -1.73. The molecule has 1 aliphatic heterocycles. The highest BCUT2D eigenvalue weighted by Gasteiger charge is 2.53. The van der Waals surface area contributed by atoms with Crippen LogP contribution in [0.4, 0.5) is 4.79 Å². The van der Waals surface area contributed by atoms with Gasteiger partial charge in [0.25, 0.3) is 0 Å². The SMILES string of the molecule is C[C@@]1(C(=O)O)CCOS(=O)(=O)N1C(=O)OCC1c2ccccc2-c2ccccc21. The highest BCUT2D eigenvalue weighted by Crippen LogP contribution is 2.44. The molecule has 2 aromatic carbocycles. The van der Waals surface area contributed by atoms with Gasteiger partial charge in [0, 0.05) is 12.3 Å². The molecule has 0 unspecified atom stereocenters. The van der Waals surface area contributed by atoms with Crippen LogP contribution in [-0.4, -0.2) is 48.6 Å². The smallest absolute Gasteiger partial charge is 0.426 e. The van der Waals surface area contributed by atoms with Crippen LogP contribution in [0.1, 0.15) is 30.4 Å². The summed E-state index contributed by atoms with van der Waals surface area (Å²) in [6, 6.07) is 15.4. The number of carboxylic acid groups (broad SMARTS) is 1. The molecule has 2 aliphatic rings. The molecular weight excluding hydrogens is 398 g/mol. The Balaban J connectivity index is 1.62. The van der Waals surface area contributed by atoms with Gasteiger partial charge in [0.1, 0.15) is 6.61 Å². The molecule has 29 heavy (non-hydrogen) atoms. The molecule has 0 aromatic heterocycles. The van der Waals surface area contributed by atoms with E-state index in [1.54, 1.807) is 0 Å². The number of aliphatic carboxylic acids is 1. The van der Waals surface area contributed by atoms with E-state index in [4.69, 9.17) is 4.74 Å². The van der Waals surface area contributed by atoms with Gasteiger partial charge < -0.3 is 9.84 Å². The average molecular weight is 417 g/mol. The molecule has 1 saturated heterocycles. The molecule has 0 bridgehead atoms. The van der Waals surface area contributed by atoms with E-state index in [9.17, 15) is 23.1 Å². The second kappa shape index (κ2) is 6.85. The minimum atomic E-state index is -4.56. The topological polar surface area (TPSA) is 110 Å². The lowest BCUT2D eigenvalue weighted by atomic mass is 9.98. The maximum Gasteiger partial charge on any atom is 0.426 e. The molecular formula is C20H19NO7S. The number of carboxylic acids is 1. The van der Waals surface area contributed by atoms with Crippen molar-refractivity contribution in [3.63, 3.8) is 0 Å². The summed E-state index contributed by atoms with van der Waals surface area (Å²) in [6.45, 7) is 0.712. The van der Waals surface area contributed by atoms with E-state index >= 15 is 0 Å². The molecule has 1 aliphatic carbocycles. The third-order valence-electron chi connectivity index (χ3n) is 5.46. The first kappa shape index (κ1) is 19.4. The van der Waals surface area contributed by atoms with Crippen LogP contribution in [0.5, 0.6) is 0 Å². The Morgan fingerprint density at radius 2 is 1.69 bits per heavy atom. The van der Waals surface area contributed by atoms with Crippen molar-refractivity contribution in [2.75, 3.05) is 13.2 Å². The van der Waals surface area contributed by atoms with Crippen LogP contribution in [0, 0.1) is 0 Å². The van der Waals surface area contributed by atoms with Gasteiger partial charge in [-0.1, -0.05) is 48.5 Å². The van der Waals surface area contributed by atoms with Crippen molar-refractivity contribution >= 4 is 22.4 Å². The molecule has 1 atom stereocenters. The number of hydrogen-bond acceptors (Lipinski definition) is 6. The molecule has 1 fully saturated rings. The van der Waals surface area contributed by atoms with Gasteiger partial charge in [-0.3, -0.25) is 4.18 Å². The van der Waals surface area contributed by atoms with Gasteiger partial charge >= 0.3 is 22.4 Å². The Labute approximate surface area is 167 Å². The second-order valence-corrected chi connectivity index (χ2v) is 8.63. The predicted molar refractivity (Wildman–Crippen MR) is 102 cm³/mol. The first-order chi connectivity index (χ1) is 13.8. The summed E-state index contributed by atoms with van der Waals surface area (Å²) in [7, 11) is -4.56. The van der Waals surface area contributed by atoms with Crippen molar-refractivity contribution in [1.82, 2.24) is 4.31 Å². The lowest BCUT2D eigenvalue weighted by Gasteiger charge is -2.38. The highest BCUT2D eigenvalue weighted by molar-refractivity contribution is 7.85. The zero-order chi connectivity index (χ0) is 20.8. The van der Waals surface area contributed by atoms with Crippen molar-refractivity contribution in [2.45, 2.75) is 24.8 Å². The molecule has 0 spiro atoms. The van der Waals surface area contributed by atoms with Gasteiger partial charge in [0.2, 0.25) is 0 Å². The van der Waals surface area contributed by atoms with Crippen LogP contribution >= 0.6 is 0 Å². The minimum absolute atomic E-state index is 0.130. The maximum absolute atomic E-state index is 12.7. The summed E-state index contributed by atoms with van der Waals surface area (Å²) >= 11 is 0. The van der Waals surface area contributed by atoms with Crippen LogP contribution in [0.3, 0.4) is 0 Å². The van der Waals surface area contributed by atoms with E-state index < -0.39 is 27.9 Å². The van der Waals surface area contributed by atoms with Crippen molar-refractivity contribution < 1.29 is 32.0 Å². The monoisotopic (exact) mass is 417 g/mol. The van der Waals surface area contributed by atoms with Gasteiger partial charge in [0.05, 0.1) is 6.61 Å². The van der Waals surface area contributed by atoms with E-state index in [0.717, 1.165) is 29.2 Å². The number of ether oxygens (including phenoxy) is 1. The van der Waals surface area contributed by atoms with Crippen LogP contribution in [-0.2, 0) is 24.0 Å². The summed E-state index contributed by atoms with van der Waals surface area (Å²) in [5.41, 5.74) is 1.99. The first-order valence-corrected chi connectivity index (χ1v) is 10.4.